The average molecular weight is 275 g/mol. The molecule has 3 atom stereocenters. The summed E-state index contributed by atoms with van der Waals surface area (Å²) in [5.41, 5.74) is 2.28. The van der Waals surface area contributed by atoms with Gasteiger partial charge in [-0.2, -0.15) is 0 Å². The molecule has 1 aromatic carbocycles. The van der Waals surface area contributed by atoms with Crippen LogP contribution in [0.1, 0.15) is 56.8 Å². The van der Waals surface area contributed by atoms with E-state index in [0.717, 1.165) is 24.8 Å². The standard InChI is InChI=1S/C18H29NO/c1-5-15-8-10-16(11-9-15)17(20)18(19(3)4)12-6-7-14(2)13-18/h8-11,14,17,20H,5-7,12-13H2,1-4H3. The van der Waals surface area contributed by atoms with Crippen LogP contribution >= 0.6 is 0 Å². The summed E-state index contributed by atoms with van der Waals surface area (Å²) in [6, 6.07) is 8.50. The fraction of sp³-hybridized carbons (Fsp3) is 0.667. The quantitative estimate of drug-likeness (QED) is 0.903. The second kappa shape index (κ2) is 6.28. The number of aliphatic hydroxyl groups is 1. The largest absolute Gasteiger partial charge is 0.386 e. The minimum absolute atomic E-state index is 0.106. The molecule has 3 unspecified atom stereocenters. The Balaban J connectivity index is 2.28. The molecule has 0 amide bonds. The van der Waals surface area contributed by atoms with Crippen molar-refractivity contribution in [1.82, 2.24) is 4.90 Å². The molecule has 0 bridgehead atoms. The highest BCUT2D eigenvalue weighted by molar-refractivity contribution is 5.27. The van der Waals surface area contributed by atoms with Crippen molar-refractivity contribution in [3.63, 3.8) is 0 Å². The van der Waals surface area contributed by atoms with Crippen LogP contribution in [0.2, 0.25) is 0 Å². The third kappa shape index (κ3) is 2.91. The molecule has 0 saturated heterocycles. The Hall–Kier alpha value is -0.860. The first-order chi connectivity index (χ1) is 9.49. The average Bonchev–Trinajstić information content (AvgIpc) is 2.46. The first-order valence-corrected chi connectivity index (χ1v) is 7.94. The smallest absolute Gasteiger partial charge is 0.0973 e. The van der Waals surface area contributed by atoms with Crippen molar-refractivity contribution < 1.29 is 5.11 Å². The zero-order valence-electron chi connectivity index (χ0n) is 13.4. The lowest BCUT2D eigenvalue weighted by molar-refractivity contribution is -0.0450. The van der Waals surface area contributed by atoms with Crippen LogP contribution in [-0.4, -0.2) is 29.6 Å². The van der Waals surface area contributed by atoms with Crippen LogP contribution in [0.15, 0.2) is 24.3 Å². The van der Waals surface area contributed by atoms with Crippen LogP contribution in [0.25, 0.3) is 0 Å². The van der Waals surface area contributed by atoms with Gasteiger partial charge in [0, 0.05) is 0 Å². The lowest BCUT2D eigenvalue weighted by Crippen LogP contribution is -2.52. The molecule has 0 heterocycles. The van der Waals surface area contributed by atoms with Gasteiger partial charge in [0.05, 0.1) is 11.6 Å². The highest BCUT2D eigenvalue weighted by atomic mass is 16.3. The molecule has 1 fully saturated rings. The predicted molar refractivity (Wildman–Crippen MR) is 84.8 cm³/mol. The van der Waals surface area contributed by atoms with Crippen LogP contribution in [0.4, 0.5) is 0 Å². The molecule has 1 aliphatic rings. The summed E-state index contributed by atoms with van der Waals surface area (Å²) >= 11 is 0. The van der Waals surface area contributed by atoms with Crippen molar-refractivity contribution in [2.75, 3.05) is 14.1 Å². The van der Waals surface area contributed by atoms with Crippen molar-refractivity contribution in [2.24, 2.45) is 5.92 Å². The van der Waals surface area contributed by atoms with Gasteiger partial charge >= 0.3 is 0 Å². The Kier molecular flexibility index (Phi) is 4.87. The molecule has 0 aliphatic heterocycles. The number of aliphatic hydroxyl groups excluding tert-OH is 1. The second-order valence-corrected chi connectivity index (χ2v) is 6.70. The van der Waals surface area contributed by atoms with Gasteiger partial charge in [0.15, 0.2) is 0 Å². The molecule has 1 N–H and O–H groups in total. The van der Waals surface area contributed by atoms with Crippen molar-refractivity contribution in [1.29, 1.82) is 0 Å². The highest BCUT2D eigenvalue weighted by Gasteiger charge is 2.43. The summed E-state index contributed by atoms with van der Waals surface area (Å²) in [7, 11) is 4.23. The number of hydrogen-bond acceptors (Lipinski definition) is 2. The highest BCUT2D eigenvalue weighted by Crippen LogP contribution is 2.43. The van der Waals surface area contributed by atoms with E-state index in [2.05, 4.69) is 57.1 Å². The Morgan fingerprint density at radius 1 is 1.30 bits per heavy atom. The molecular weight excluding hydrogens is 246 g/mol. The zero-order valence-corrected chi connectivity index (χ0v) is 13.4. The van der Waals surface area contributed by atoms with E-state index in [-0.39, 0.29) is 5.54 Å². The van der Waals surface area contributed by atoms with Crippen LogP contribution in [0.5, 0.6) is 0 Å². The van der Waals surface area contributed by atoms with Gasteiger partial charge in [-0.15, -0.1) is 0 Å². The second-order valence-electron chi connectivity index (χ2n) is 6.70. The molecular formula is C18H29NO. The number of aryl methyl sites for hydroxylation is 1. The Morgan fingerprint density at radius 2 is 1.95 bits per heavy atom. The van der Waals surface area contributed by atoms with Gasteiger partial charge in [-0.05, 0) is 50.4 Å². The van der Waals surface area contributed by atoms with Gasteiger partial charge in [0.2, 0.25) is 0 Å². The van der Waals surface area contributed by atoms with Crippen molar-refractivity contribution in [2.45, 2.75) is 57.6 Å². The molecule has 0 spiro atoms. The van der Waals surface area contributed by atoms with Crippen LogP contribution < -0.4 is 0 Å². The van der Waals surface area contributed by atoms with Gasteiger partial charge in [0.25, 0.3) is 0 Å². The molecule has 1 saturated carbocycles. The number of nitrogens with zero attached hydrogens (tertiary/aromatic N) is 1. The summed E-state index contributed by atoms with van der Waals surface area (Å²) < 4.78 is 0. The topological polar surface area (TPSA) is 23.5 Å². The van der Waals surface area contributed by atoms with Crippen LogP contribution in [0, 0.1) is 5.92 Å². The summed E-state index contributed by atoms with van der Waals surface area (Å²) in [6.45, 7) is 4.47. The predicted octanol–water partition coefficient (Wildman–Crippen LogP) is 3.79. The van der Waals surface area contributed by atoms with Gasteiger partial charge in [-0.1, -0.05) is 51.0 Å². The maximum absolute atomic E-state index is 11.0. The van der Waals surface area contributed by atoms with Gasteiger partial charge in [-0.25, -0.2) is 0 Å². The fourth-order valence-corrected chi connectivity index (χ4v) is 3.71. The lowest BCUT2D eigenvalue weighted by atomic mass is 9.71. The minimum Gasteiger partial charge on any atom is -0.386 e. The molecule has 20 heavy (non-hydrogen) atoms. The van der Waals surface area contributed by atoms with Crippen molar-refractivity contribution >= 4 is 0 Å². The lowest BCUT2D eigenvalue weighted by Gasteiger charge is -2.48. The molecule has 0 radical (unpaired) electrons. The number of hydrogen-bond donors (Lipinski definition) is 1. The summed E-state index contributed by atoms with van der Waals surface area (Å²) in [5.74, 6) is 0.690. The Bertz CT molecular complexity index is 426. The van der Waals surface area contributed by atoms with Crippen LogP contribution in [0.3, 0.4) is 0 Å². The molecule has 0 aromatic heterocycles. The molecule has 1 aromatic rings. The maximum atomic E-state index is 11.0. The molecule has 112 valence electrons. The van der Waals surface area contributed by atoms with E-state index in [1.807, 2.05) is 0 Å². The minimum atomic E-state index is -0.397. The number of rotatable bonds is 4. The van der Waals surface area contributed by atoms with Gasteiger partial charge in [-0.3, -0.25) is 0 Å². The van der Waals surface area contributed by atoms with E-state index in [1.165, 1.54) is 18.4 Å². The Labute approximate surface area is 123 Å². The van der Waals surface area contributed by atoms with E-state index in [0.29, 0.717) is 5.92 Å². The first kappa shape index (κ1) is 15.5. The third-order valence-corrected chi connectivity index (χ3v) is 5.11. The number of likely N-dealkylation sites (N-methyl/N-ethyl adjacent to an activating group) is 1. The molecule has 2 rings (SSSR count). The SMILES string of the molecule is CCc1ccc(C(O)C2(N(C)C)CCCC(C)C2)cc1. The first-order valence-electron chi connectivity index (χ1n) is 7.94. The van der Waals surface area contributed by atoms with Gasteiger partial charge < -0.3 is 10.0 Å². The van der Waals surface area contributed by atoms with Crippen LogP contribution in [-0.2, 0) is 6.42 Å². The molecule has 1 aliphatic carbocycles. The Morgan fingerprint density at radius 3 is 2.45 bits per heavy atom. The van der Waals surface area contributed by atoms with E-state index in [4.69, 9.17) is 0 Å². The van der Waals surface area contributed by atoms with E-state index >= 15 is 0 Å². The maximum Gasteiger partial charge on any atom is 0.0973 e. The molecule has 2 nitrogen and oxygen atoms in total. The zero-order chi connectivity index (χ0) is 14.8. The number of benzene rings is 1. The van der Waals surface area contributed by atoms with Gasteiger partial charge in [0.1, 0.15) is 0 Å². The normalized spacial score (nSPS) is 28.6. The fourth-order valence-electron chi connectivity index (χ4n) is 3.71. The van der Waals surface area contributed by atoms with E-state index < -0.39 is 6.10 Å². The third-order valence-electron chi connectivity index (χ3n) is 5.11. The van der Waals surface area contributed by atoms with E-state index in [9.17, 15) is 5.11 Å². The van der Waals surface area contributed by atoms with Crippen molar-refractivity contribution in [3.05, 3.63) is 35.4 Å². The van der Waals surface area contributed by atoms with E-state index in [1.54, 1.807) is 0 Å². The van der Waals surface area contributed by atoms with Crippen molar-refractivity contribution in [3.8, 4) is 0 Å². The summed E-state index contributed by atoms with van der Waals surface area (Å²) in [6.07, 6.45) is 5.32. The molecule has 2 heteroatoms. The monoisotopic (exact) mass is 275 g/mol. The summed E-state index contributed by atoms with van der Waals surface area (Å²) in [4.78, 5) is 2.25. The summed E-state index contributed by atoms with van der Waals surface area (Å²) in [5, 5.41) is 11.0.